The Kier molecular flexibility index (Phi) is 5.59. The number of thiazole rings is 1. The van der Waals surface area contributed by atoms with E-state index in [2.05, 4.69) is 4.40 Å². The minimum Gasteiger partial charge on any atom is -0.465 e. The highest BCUT2D eigenvalue weighted by Crippen LogP contribution is 2.22. The standard InChI is InChI=1S/C17H18N2O4S3/c1-3-12-7-8-13-14(10-12)25-17(19(13)11-15(20)23-4-2)18-26(21,22)16-6-5-9-24-16/h5-10H,3-4,11H2,1-2H3/b18-17-. The van der Waals surface area contributed by atoms with E-state index in [0.29, 0.717) is 0 Å². The minimum atomic E-state index is -3.82. The van der Waals surface area contributed by atoms with Gasteiger partial charge in [-0.05, 0) is 42.5 Å². The molecule has 2 heterocycles. The quantitative estimate of drug-likeness (QED) is 0.585. The van der Waals surface area contributed by atoms with E-state index < -0.39 is 16.0 Å². The van der Waals surface area contributed by atoms with Crippen molar-refractivity contribution < 1.29 is 17.9 Å². The molecule has 0 saturated carbocycles. The summed E-state index contributed by atoms with van der Waals surface area (Å²) in [6, 6.07) is 9.03. The number of sulfonamides is 1. The van der Waals surface area contributed by atoms with Gasteiger partial charge < -0.3 is 9.30 Å². The molecule has 138 valence electrons. The lowest BCUT2D eigenvalue weighted by Crippen LogP contribution is -2.23. The van der Waals surface area contributed by atoms with Crippen molar-refractivity contribution in [3.8, 4) is 0 Å². The second-order valence-corrected chi connectivity index (χ2v) is 9.22. The largest absolute Gasteiger partial charge is 0.465 e. The Morgan fingerprint density at radius 1 is 1.27 bits per heavy atom. The van der Waals surface area contributed by atoms with E-state index in [1.165, 1.54) is 17.4 Å². The van der Waals surface area contributed by atoms with Crippen LogP contribution in [0.4, 0.5) is 0 Å². The van der Waals surface area contributed by atoms with Crippen LogP contribution in [0, 0.1) is 0 Å². The Labute approximate surface area is 159 Å². The van der Waals surface area contributed by atoms with Gasteiger partial charge in [0.2, 0.25) is 4.80 Å². The van der Waals surface area contributed by atoms with Gasteiger partial charge in [0, 0.05) is 0 Å². The maximum atomic E-state index is 12.5. The zero-order valence-electron chi connectivity index (χ0n) is 14.3. The predicted molar refractivity (Wildman–Crippen MR) is 103 cm³/mol. The van der Waals surface area contributed by atoms with Gasteiger partial charge in [0.15, 0.2) is 0 Å². The summed E-state index contributed by atoms with van der Waals surface area (Å²) in [5.41, 5.74) is 1.90. The molecule has 0 amide bonds. The lowest BCUT2D eigenvalue weighted by molar-refractivity contribution is -0.143. The highest BCUT2D eigenvalue weighted by Gasteiger charge is 2.17. The van der Waals surface area contributed by atoms with Gasteiger partial charge >= 0.3 is 5.97 Å². The molecule has 0 fully saturated rings. The molecule has 0 bridgehead atoms. The van der Waals surface area contributed by atoms with Crippen LogP contribution >= 0.6 is 22.7 Å². The van der Waals surface area contributed by atoms with Crippen molar-refractivity contribution in [3.63, 3.8) is 0 Å². The molecule has 0 saturated heterocycles. The van der Waals surface area contributed by atoms with Gasteiger partial charge in [-0.2, -0.15) is 8.42 Å². The Balaban J connectivity index is 2.19. The molecule has 9 heteroatoms. The molecule has 0 aliphatic heterocycles. The number of thiophene rings is 1. The van der Waals surface area contributed by atoms with Crippen molar-refractivity contribution in [2.45, 2.75) is 31.0 Å². The zero-order valence-corrected chi connectivity index (χ0v) is 16.8. The molecule has 0 radical (unpaired) electrons. The molecule has 0 spiro atoms. The fourth-order valence-electron chi connectivity index (χ4n) is 2.45. The van der Waals surface area contributed by atoms with Crippen LogP contribution in [0.5, 0.6) is 0 Å². The van der Waals surface area contributed by atoms with Crippen LogP contribution in [0.2, 0.25) is 0 Å². The Hall–Kier alpha value is -1.97. The Morgan fingerprint density at radius 3 is 2.73 bits per heavy atom. The first-order valence-corrected chi connectivity index (χ1v) is 11.2. The number of nitrogens with zero attached hydrogens (tertiary/aromatic N) is 2. The number of aromatic nitrogens is 1. The summed E-state index contributed by atoms with van der Waals surface area (Å²) in [6.07, 6.45) is 0.867. The summed E-state index contributed by atoms with van der Waals surface area (Å²) in [6.45, 7) is 3.96. The molecule has 1 aromatic carbocycles. The van der Waals surface area contributed by atoms with Crippen LogP contribution in [0.3, 0.4) is 0 Å². The monoisotopic (exact) mass is 410 g/mol. The van der Waals surface area contributed by atoms with Gasteiger partial charge in [-0.25, -0.2) is 0 Å². The van der Waals surface area contributed by atoms with Crippen LogP contribution < -0.4 is 4.80 Å². The SMILES string of the molecule is CCOC(=O)Cn1/c(=N/S(=O)(=O)c2cccs2)sc2cc(CC)ccc21. The molecule has 0 N–H and O–H groups in total. The molecule has 0 unspecified atom stereocenters. The summed E-state index contributed by atoms with van der Waals surface area (Å²) < 4.78 is 36.8. The van der Waals surface area contributed by atoms with Crippen molar-refractivity contribution in [1.82, 2.24) is 4.57 Å². The topological polar surface area (TPSA) is 77.7 Å². The molecule has 0 aliphatic carbocycles. The first-order valence-electron chi connectivity index (χ1n) is 8.07. The highest BCUT2D eigenvalue weighted by molar-refractivity contribution is 7.92. The fourth-order valence-corrected chi connectivity index (χ4v) is 5.72. The smallest absolute Gasteiger partial charge is 0.326 e. The Morgan fingerprint density at radius 2 is 2.08 bits per heavy atom. The summed E-state index contributed by atoms with van der Waals surface area (Å²) in [5.74, 6) is -0.429. The van der Waals surface area contributed by atoms with E-state index in [4.69, 9.17) is 4.74 Å². The summed E-state index contributed by atoms with van der Waals surface area (Å²) in [7, 11) is -3.82. The molecule has 6 nitrogen and oxygen atoms in total. The molecular weight excluding hydrogens is 392 g/mol. The van der Waals surface area contributed by atoms with Gasteiger partial charge in [-0.3, -0.25) is 4.79 Å². The second kappa shape index (κ2) is 7.73. The van der Waals surface area contributed by atoms with Gasteiger partial charge in [-0.1, -0.05) is 30.4 Å². The highest BCUT2D eigenvalue weighted by atomic mass is 32.2. The average Bonchev–Trinajstić information content (AvgIpc) is 3.24. The fraction of sp³-hybridized carbons (Fsp3) is 0.294. The zero-order chi connectivity index (χ0) is 18.7. The van der Waals surface area contributed by atoms with Gasteiger partial charge in [-0.15, -0.1) is 15.7 Å². The number of ether oxygens (including phenoxy) is 1. The summed E-state index contributed by atoms with van der Waals surface area (Å²) >= 11 is 2.36. The molecule has 0 aliphatic rings. The van der Waals surface area contributed by atoms with Crippen LogP contribution in [0.25, 0.3) is 10.2 Å². The van der Waals surface area contributed by atoms with Gasteiger partial charge in [0.1, 0.15) is 10.8 Å². The third-order valence-electron chi connectivity index (χ3n) is 3.70. The second-order valence-electron chi connectivity index (χ2n) is 5.43. The van der Waals surface area contributed by atoms with Gasteiger partial charge in [0.05, 0.1) is 16.8 Å². The van der Waals surface area contributed by atoms with E-state index in [1.807, 2.05) is 25.1 Å². The minimum absolute atomic E-state index is 0.0852. The van der Waals surface area contributed by atoms with Crippen molar-refractivity contribution in [2.24, 2.45) is 4.40 Å². The van der Waals surface area contributed by atoms with E-state index in [9.17, 15) is 13.2 Å². The van der Waals surface area contributed by atoms with Crippen LogP contribution in [-0.2, 0) is 32.5 Å². The number of hydrogen-bond donors (Lipinski definition) is 0. The van der Waals surface area contributed by atoms with Crippen LogP contribution in [0.15, 0.2) is 44.3 Å². The first kappa shape index (κ1) is 18.8. The van der Waals surface area contributed by atoms with E-state index in [0.717, 1.165) is 33.5 Å². The molecule has 2 aromatic heterocycles. The van der Waals surface area contributed by atoms with Crippen molar-refractivity contribution in [3.05, 3.63) is 46.1 Å². The van der Waals surface area contributed by atoms with E-state index in [1.54, 1.807) is 22.9 Å². The number of carbonyl (C=O) groups is 1. The van der Waals surface area contributed by atoms with Crippen LogP contribution in [0.1, 0.15) is 19.4 Å². The Bertz CT molecular complexity index is 1090. The molecule has 3 rings (SSSR count). The normalized spacial score (nSPS) is 12.6. The van der Waals surface area contributed by atoms with E-state index >= 15 is 0 Å². The molecule has 0 atom stereocenters. The molecule has 26 heavy (non-hydrogen) atoms. The lowest BCUT2D eigenvalue weighted by atomic mass is 10.2. The lowest BCUT2D eigenvalue weighted by Gasteiger charge is -2.05. The third-order valence-corrected chi connectivity index (χ3v) is 7.49. The average molecular weight is 411 g/mol. The number of esters is 1. The number of fused-ring (bicyclic) bond motifs is 1. The first-order chi connectivity index (χ1) is 12.4. The van der Waals surface area contributed by atoms with Crippen LogP contribution in [-0.4, -0.2) is 25.6 Å². The number of benzene rings is 1. The van der Waals surface area contributed by atoms with Gasteiger partial charge in [0.25, 0.3) is 10.0 Å². The molecular formula is C17H18N2O4S3. The summed E-state index contributed by atoms with van der Waals surface area (Å²) in [4.78, 5) is 12.3. The number of carbonyl (C=O) groups excluding carboxylic acids is 1. The molecule has 3 aromatic rings. The third kappa shape index (κ3) is 3.89. The van der Waals surface area contributed by atoms with Crippen molar-refractivity contribution >= 4 is 48.9 Å². The van der Waals surface area contributed by atoms with Crippen molar-refractivity contribution in [1.29, 1.82) is 0 Å². The number of rotatable bonds is 6. The van der Waals surface area contributed by atoms with E-state index in [-0.39, 0.29) is 22.2 Å². The number of hydrogen-bond acceptors (Lipinski definition) is 6. The maximum absolute atomic E-state index is 12.5. The maximum Gasteiger partial charge on any atom is 0.326 e. The summed E-state index contributed by atoms with van der Waals surface area (Å²) in [5, 5.41) is 1.69. The predicted octanol–water partition coefficient (Wildman–Crippen LogP) is 3.18. The van der Waals surface area contributed by atoms with Crippen molar-refractivity contribution in [2.75, 3.05) is 6.61 Å². The number of aryl methyl sites for hydroxylation is 1.